The van der Waals surface area contributed by atoms with Crippen LogP contribution >= 0.6 is 11.3 Å². The predicted octanol–water partition coefficient (Wildman–Crippen LogP) is 4.18. The minimum absolute atomic E-state index is 0.0376. The van der Waals surface area contributed by atoms with Gasteiger partial charge in [-0.3, -0.25) is 24.2 Å². The Labute approximate surface area is 242 Å². The van der Waals surface area contributed by atoms with Gasteiger partial charge in [0.25, 0.3) is 11.8 Å². The van der Waals surface area contributed by atoms with E-state index >= 15 is 0 Å². The van der Waals surface area contributed by atoms with Crippen LogP contribution in [0.25, 0.3) is 0 Å². The van der Waals surface area contributed by atoms with Crippen molar-refractivity contribution in [1.82, 2.24) is 15.2 Å². The van der Waals surface area contributed by atoms with Gasteiger partial charge in [0, 0.05) is 53.9 Å². The van der Waals surface area contributed by atoms with E-state index in [9.17, 15) is 24.3 Å². The third kappa shape index (κ3) is 6.57. The van der Waals surface area contributed by atoms with Crippen molar-refractivity contribution in [1.29, 1.82) is 0 Å². The molecule has 0 radical (unpaired) electrons. The number of carboxylic acids is 1. The summed E-state index contributed by atoms with van der Waals surface area (Å²) in [4.78, 5) is 59.6. The third-order valence-electron chi connectivity index (χ3n) is 7.50. The van der Waals surface area contributed by atoms with Crippen molar-refractivity contribution in [3.8, 4) is 0 Å². The molecule has 2 aromatic heterocycles. The molecule has 1 saturated heterocycles. The van der Waals surface area contributed by atoms with Crippen LogP contribution < -0.4 is 15.5 Å². The second-order valence-electron chi connectivity index (χ2n) is 10.7. The standard InChI is InChI=1S/C30H33N5O5S/c1-18-17-35(30(40)22-5-3-11-31-15-22)19(2)16-34(18)25-10-9-21(13-23(25)32-28(38)20-7-8-20)29(39)33-24(14-27(36)37)26-6-4-12-41-26/h3-6,9-13,15,18-20,24H,7-8,14,16-17H2,1-2H3,(H,32,38)(H,33,39)(H,36,37). The summed E-state index contributed by atoms with van der Waals surface area (Å²) in [6.07, 6.45) is 4.63. The zero-order chi connectivity index (χ0) is 29.1. The molecule has 0 spiro atoms. The van der Waals surface area contributed by atoms with Gasteiger partial charge in [-0.2, -0.15) is 0 Å². The fourth-order valence-corrected chi connectivity index (χ4v) is 5.91. The number of thiophene rings is 1. The number of aromatic nitrogens is 1. The highest BCUT2D eigenvalue weighted by Crippen LogP contribution is 2.35. The Balaban J connectivity index is 1.39. The molecule has 2 fully saturated rings. The van der Waals surface area contributed by atoms with Gasteiger partial charge in [0.15, 0.2) is 0 Å². The number of piperazine rings is 1. The number of hydrogen-bond donors (Lipinski definition) is 3. The largest absolute Gasteiger partial charge is 0.481 e. The molecule has 3 unspecified atom stereocenters. The predicted molar refractivity (Wildman–Crippen MR) is 156 cm³/mol. The van der Waals surface area contributed by atoms with E-state index in [1.807, 2.05) is 36.3 Å². The minimum Gasteiger partial charge on any atom is -0.481 e. The molecule has 2 aliphatic rings. The lowest BCUT2D eigenvalue weighted by Gasteiger charge is -2.45. The number of benzene rings is 1. The van der Waals surface area contributed by atoms with Crippen molar-refractivity contribution < 1.29 is 24.3 Å². The highest BCUT2D eigenvalue weighted by molar-refractivity contribution is 7.10. The molecule has 5 rings (SSSR count). The van der Waals surface area contributed by atoms with Crippen LogP contribution in [0.1, 0.15) is 64.7 Å². The van der Waals surface area contributed by atoms with E-state index in [-0.39, 0.29) is 36.2 Å². The third-order valence-corrected chi connectivity index (χ3v) is 8.49. The highest BCUT2D eigenvalue weighted by Gasteiger charge is 2.35. The summed E-state index contributed by atoms with van der Waals surface area (Å²) in [5.41, 5.74) is 2.14. The van der Waals surface area contributed by atoms with Crippen molar-refractivity contribution in [2.75, 3.05) is 23.3 Å². The number of aliphatic carboxylic acids is 1. The van der Waals surface area contributed by atoms with E-state index in [0.29, 0.717) is 29.9 Å². The topological polar surface area (TPSA) is 132 Å². The Bertz CT molecular complexity index is 1430. The first kappa shape index (κ1) is 28.3. The van der Waals surface area contributed by atoms with Crippen LogP contribution in [-0.4, -0.2) is 63.9 Å². The first-order chi connectivity index (χ1) is 19.7. The van der Waals surface area contributed by atoms with E-state index in [4.69, 9.17) is 0 Å². The zero-order valence-corrected chi connectivity index (χ0v) is 23.8. The average Bonchev–Trinajstić information content (AvgIpc) is 3.67. The maximum absolute atomic E-state index is 13.3. The van der Waals surface area contributed by atoms with E-state index < -0.39 is 17.9 Å². The maximum Gasteiger partial charge on any atom is 0.305 e. The number of carboxylic acid groups (broad SMARTS) is 1. The van der Waals surface area contributed by atoms with Crippen LogP contribution in [0.15, 0.2) is 60.2 Å². The lowest BCUT2D eigenvalue weighted by atomic mass is 10.0. The number of nitrogens with one attached hydrogen (secondary N) is 2. The van der Waals surface area contributed by atoms with Gasteiger partial charge >= 0.3 is 5.97 Å². The summed E-state index contributed by atoms with van der Waals surface area (Å²) >= 11 is 1.38. The molecule has 11 heteroatoms. The van der Waals surface area contributed by atoms with E-state index in [0.717, 1.165) is 23.4 Å². The van der Waals surface area contributed by atoms with Gasteiger partial charge in [0.1, 0.15) is 0 Å². The summed E-state index contributed by atoms with van der Waals surface area (Å²) < 4.78 is 0. The molecule has 3 amide bonds. The summed E-state index contributed by atoms with van der Waals surface area (Å²) in [7, 11) is 0. The zero-order valence-electron chi connectivity index (χ0n) is 22.9. The maximum atomic E-state index is 13.3. The number of hydrogen-bond acceptors (Lipinski definition) is 7. The van der Waals surface area contributed by atoms with Crippen LogP contribution in [0, 0.1) is 5.92 Å². The molecule has 214 valence electrons. The monoisotopic (exact) mass is 575 g/mol. The van der Waals surface area contributed by atoms with Crippen LogP contribution in [-0.2, 0) is 9.59 Å². The molecule has 41 heavy (non-hydrogen) atoms. The van der Waals surface area contributed by atoms with E-state index in [2.05, 4.69) is 20.5 Å². The van der Waals surface area contributed by atoms with Crippen molar-refractivity contribution in [3.63, 3.8) is 0 Å². The van der Waals surface area contributed by atoms with Crippen LogP contribution in [0.3, 0.4) is 0 Å². The van der Waals surface area contributed by atoms with Gasteiger partial charge in [-0.25, -0.2) is 0 Å². The molecule has 3 aromatic rings. The Morgan fingerprint density at radius 1 is 1.05 bits per heavy atom. The molecular formula is C30H33N5O5S. The van der Waals surface area contributed by atoms with Gasteiger partial charge in [-0.15, -0.1) is 11.3 Å². The van der Waals surface area contributed by atoms with Crippen molar-refractivity contribution in [3.05, 3.63) is 76.2 Å². The first-order valence-electron chi connectivity index (χ1n) is 13.7. The SMILES string of the molecule is CC1CN(c2ccc(C(=O)NC(CC(=O)O)c3cccs3)cc2NC(=O)C2CC2)C(C)CN1C(=O)c1cccnc1. The molecule has 3 atom stereocenters. The molecule has 1 aliphatic heterocycles. The second kappa shape index (κ2) is 12.1. The molecule has 1 aliphatic carbocycles. The minimum atomic E-state index is -1.01. The van der Waals surface area contributed by atoms with E-state index in [1.165, 1.54) is 11.3 Å². The summed E-state index contributed by atoms with van der Waals surface area (Å²) in [5.74, 6) is -1.64. The number of rotatable bonds is 9. The Morgan fingerprint density at radius 3 is 2.51 bits per heavy atom. The smallest absolute Gasteiger partial charge is 0.305 e. The molecule has 3 N–H and O–H groups in total. The second-order valence-corrected chi connectivity index (χ2v) is 11.7. The number of anilines is 2. The van der Waals surface area contributed by atoms with Crippen molar-refractivity contribution >= 4 is 46.4 Å². The molecular weight excluding hydrogens is 542 g/mol. The lowest BCUT2D eigenvalue weighted by Crippen LogP contribution is -2.58. The highest BCUT2D eigenvalue weighted by atomic mass is 32.1. The number of amides is 3. The summed E-state index contributed by atoms with van der Waals surface area (Å²) in [6.45, 7) is 5.03. The molecule has 0 bridgehead atoms. The van der Waals surface area contributed by atoms with Crippen molar-refractivity contribution in [2.24, 2.45) is 5.92 Å². The molecule has 1 aromatic carbocycles. The summed E-state index contributed by atoms with van der Waals surface area (Å²) in [6, 6.07) is 11.4. The quantitative estimate of drug-likeness (QED) is 0.349. The number of carbonyl (C=O) groups excluding carboxylic acids is 3. The van der Waals surface area contributed by atoms with E-state index in [1.54, 1.807) is 42.7 Å². The van der Waals surface area contributed by atoms with Gasteiger partial charge in [-0.1, -0.05) is 6.07 Å². The van der Waals surface area contributed by atoms with Gasteiger partial charge in [0.2, 0.25) is 5.91 Å². The fourth-order valence-electron chi connectivity index (χ4n) is 5.14. The Kier molecular flexibility index (Phi) is 8.34. The lowest BCUT2D eigenvalue weighted by molar-refractivity contribution is -0.137. The fraction of sp³-hybridized carbons (Fsp3) is 0.367. The normalized spacial score (nSPS) is 19.4. The Morgan fingerprint density at radius 2 is 1.85 bits per heavy atom. The van der Waals surface area contributed by atoms with Gasteiger partial charge in [-0.05, 0) is 68.5 Å². The van der Waals surface area contributed by atoms with Gasteiger partial charge in [0.05, 0.1) is 29.4 Å². The molecule has 3 heterocycles. The van der Waals surface area contributed by atoms with Crippen LogP contribution in [0.2, 0.25) is 0 Å². The van der Waals surface area contributed by atoms with Crippen LogP contribution in [0.4, 0.5) is 11.4 Å². The molecule has 10 nitrogen and oxygen atoms in total. The summed E-state index contributed by atoms with van der Waals surface area (Å²) in [5, 5.41) is 17.1. The Hall–Kier alpha value is -4.25. The van der Waals surface area contributed by atoms with Gasteiger partial charge < -0.3 is 25.5 Å². The average molecular weight is 576 g/mol. The number of pyridine rings is 1. The molecule has 1 saturated carbocycles. The number of carbonyl (C=O) groups is 4. The first-order valence-corrected chi connectivity index (χ1v) is 14.6. The van der Waals surface area contributed by atoms with Crippen LogP contribution in [0.5, 0.6) is 0 Å². The number of nitrogens with zero attached hydrogens (tertiary/aromatic N) is 3. The van der Waals surface area contributed by atoms with Crippen molar-refractivity contribution in [2.45, 2.75) is 51.2 Å².